The van der Waals surface area contributed by atoms with Gasteiger partial charge in [0.15, 0.2) is 23.0 Å². The van der Waals surface area contributed by atoms with Gasteiger partial charge in [-0.1, -0.05) is 19.4 Å². The molecular formula is C20H19BrN4O2. The summed E-state index contributed by atoms with van der Waals surface area (Å²) in [5, 5.41) is 9.58. The summed E-state index contributed by atoms with van der Waals surface area (Å²) in [5.41, 5.74) is 2.55. The molecule has 6 nitrogen and oxygen atoms in total. The second-order valence-electron chi connectivity index (χ2n) is 5.89. The maximum absolute atomic E-state index is 9.58. The highest BCUT2D eigenvalue weighted by atomic mass is 79.9. The molecule has 0 bridgehead atoms. The van der Waals surface area contributed by atoms with E-state index in [0.717, 1.165) is 28.4 Å². The SMILES string of the molecule is CCCCOc1ccc(C=C(C#N)c2nc3ncc(Br)cc3[nH]2)cc1OC. The standard InChI is InChI=1S/C20H19BrN4O2/c1-3-4-7-27-17-6-5-13(9-18(17)26-2)8-14(11-22)19-24-16-10-15(21)12-23-20(16)25-19/h5-6,8-10,12H,3-4,7H2,1-2H3,(H,23,24,25). The predicted octanol–water partition coefficient (Wildman–Crippen LogP) is 4.97. The van der Waals surface area contributed by atoms with Crippen LogP contribution in [0.25, 0.3) is 22.8 Å². The number of H-pyrrole nitrogens is 1. The van der Waals surface area contributed by atoms with Crippen molar-refractivity contribution in [2.75, 3.05) is 13.7 Å². The van der Waals surface area contributed by atoms with Crippen molar-refractivity contribution in [3.8, 4) is 17.6 Å². The number of aromatic amines is 1. The molecule has 1 aromatic carbocycles. The zero-order chi connectivity index (χ0) is 19.2. The van der Waals surface area contributed by atoms with E-state index in [1.54, 1.807) is 19.4 Å². The number of nitrogens with one attached hydrogen (secondary N) is 1. The van der Waals surface area contributed by atoms with Gasteiger partial charge in [-0.05, 0) is 52.2 Å². The lowest BCUT2D eigenvalue weighted by Gasteiger charge is -2.11. The first-order chi connectivity index (χ1) is 13.1. The fourth-order valence-corrected chi connectivity index (χ4v) is 2.87. The zero-order valence-corrected chi connectivity index (χ0v) is 16.7. The number of nitriles is 1. The van der Waals surface area contributed by atoms with Crippen molar-refractivity contribution in [2.45, 2.75) is 19.8 Å². The van der Waals surface area contributed by atoms with Gasteiger partial charge in [0, 0.05) is 10.7 Å². The molecule has 138 valence electrons. The number of methoxy groups -OCH3 is 1. The van der Waals surface area contributed by atoms with Crippen LogP contribution in [0.1, 0.15) is 31.2 Å². The minimum atomic E-state index is 0.408. The average Bonchev–Trinajstić information content (AvgIpc) is 3.09. The molecule has 0 aliphatic heterocycles. The third-order valence-corrected chi connectivity index (χ3v) is 4.37. The van der Waals surface area contributed by atoms with Crippen molar-refractivity contribution in [3.63, 3.8) is 0 Å². The molecule has 0 spiro atoms. The van der Waals surface area contributed by atoms with Gasteiger partial charge < -0.3 is 14.5 Å². The number of rotatable bonds is 7. The van der Waals surface area contributed by atoms with Gasteiger partial charge >= 0.3 is 0 Å². The van der Waals surface area contributed by atoms with Crippen LogP contribution in [0.3, 0.4) is 0 Å². The monoisotopic (exact) mass is 426 g/mol. The van der Waals surface area contributed by atoms with Gasteiger partial charge in [0.1, 0.15) is 6.07 Å². The summed E-state index contributed by atoms with van der Waals surface area (Å²) in [5.74, 6) is 1.80. The molecule has 0 atom stereocenters. The molecule has 7 heteroatoms. The van der Waals surface area contributed by atoms with Crippen LogP contribution in [0.5, 0.6) is 11.5 Å². The number of ether oxygens (including phenoxy) is 2. The summed E-state index contributed by atoms with van der Waals surface area (Å²) in [6.07, 6.45) is 5.48. The van der Waals surface area contributed by atoms with E-state index in [0.29, 0.717) is 35.2 Å². The maximum Gasteiger partial charge on any atom is 0.178 e. The number of benzene rings is 1. The van der Waals surface area contributed by atoms with Gasteiger partial charge in [0.25, 0.3) is 0 Å². The van der Waals surface area contributed by atoms with Crippen LogP contribution in [0.15, 0.2) is 34.9 Å². The number of imidazole rings is 1. The molecule has 2 aromatic heterocycles. The minimum absolute atomic E-state index is 0.408. The maximum atomic E-state index is 9.58. The summed E-state index contributed by atoms with van der Waals surface area (Å²) in [4.78, 5) is 11.8. The number of pyridine rings is 1. The largest absolute Gasteiger partial charge is 0.493 e. The van der Waals surface area contributed by atoms with Crippen molar-refractivity contribution in [1.82, 2.24) is 15.0 Å². The molecule has 0 unspecified atom stereocenters. The molecular weight excluding hydrogens is 408 g/mol. The molecule has 0 fully saturated rings. The fourth-order valence-electron chi connectivity index (χ4n) is 2.54. The Kier molecular flexibility index (Phi) is 6.09. The second-order valence-corrected chi connectivity index (χ2v) is 6.81. The molecule has 0 saturated carbocycles. The van der Waals surface area contributed by atoms with Gasteiger partial charge in [-0.25, -0.2) is 9.97 Å². The molecule has 3 rings (SSSR count). The van der Waals surface area contributed by atoms with E-state index in [9.17, 15) is 5.26 Å². The number of halogens is 1. The highest BCUT2D eigenvalue weighted by Crippen LogP contribution is 2.30. The van der Waals surface area contributed by atoms with Gasteiger partial charge in [-0.3, -0.25) is 0 Å². The summed E-state index contributed by atoms with van der Waals surface area (Å²) in [6.45, 7) is 2.76. The van der Waals surface area contributed by atoms with Crippen LogP contribution in [0, 0.1) is 11.3 Å². The lowest BCUT2D eigenvalue weighted by Crippen LogP contribution is -1.99. The van der Waals surface area contributed by atoms with Crippen molar-refractivity contribution >= 4 is 38.7 Å². The van der Waals surface area contributed by atoms with E-state index < -0.39 is 0 Å². The summed E-state index contributed by atoms with van der Waals surface area (Å²) < 4.78 is 12.0. The molecule has 0 radical (unpaired) electrons. The van der Waals surface area contributed by atoms with Gasteiger partial charge in [0.2, 0.25) is 0 Å². The smallest absolute Gasteiger partial charge is 0.178 e. The van der Waals surface area contributed by atoms with Crippen LogP contribution < -0.4 is 9.47 Å². The number of allylic oxidation sites excluding steroid dienone is 1. The predicted molar refractivity (Wildman–Crippen MR) is 108 cm³/mol. The quantitative estimate of drug-likeness (QED) is 0.425. The Morgan fingerprint density at radius 1 is 1.33 bits per heavy atom. The Hall–Kier alpha value is -2.85. The Bertz CT molecular complexity index is 1020. The molecule has 3 aromatic rings. The van der Waals surface area contributed by atoms with Crippen LogP contribution in [0.4, 0.5) is 0 Å². The average molecular weight is 427 g/mol. The number of fused-ring (bicyclic) bond motifs is 1. The van der Waals surface area contributed by atoms with Crippen molar-refractivity contribution < 1.29 is 9.47 Å². The Morgan fingerprint density at radius 3 is 2.93 bits per heavy atom. The molecule has 0 amide bonds. The number of hydrogen-bond acceptors (Lipinski definition) is 5. The summed E-state index contributed by atoms with van der Waals surface area (Å²) in [7, 11) is 1.60. The molecule has 27 heavy (non-hydrogen) atoms. The highest BCUT2D eigenvalue weighted by Gasteiger charge is 2.11. The van der Waals surface area contributed by atoms with Crippen molar-refractivity contribution in [1.29, 1.82) is 5.26 Å². The molecule has 2 heterocycles. The first kappa shape index (κ1) is 18.9. The number of nitrogens with zero attached hydrogens (tertiary/aromatic N) is 3. The zero-order valence-electron chi connectivity index (χ0n) is 15.1. The Morgan fingerprint density at radius 2 is 2.19 bits per heavy atom. The van der Waals surface area contributed by atoms with Gasteiger partial charge in [-0.15, -0.1) is 0 Å². The van der Waals surface area contributed by atoms with E-state index in [1.165, 1.54) is 0 Å². The molecule has 0 aliphatic carbocycles. The lowest BCUT2D eigenvalue weighted by molar-refractivity contribution is 0.288. The van der Waals surface area contributed by atoms with Gasteiger partial charge in [0.05, 0.1) is 24.8 Å². The lowest BCUT2D eigenvalue weighted by atomic mass is 10.1. The normalized spacial score (nSPS) is 11.4. The van der Waals surface area contributed by atoms with E-state index in [2.05, 4.69) is 43.9 Å². The van der Waals surface area contributed by atoms with Crippen molar-refractivity contribution in [3.05, 3.63) is 46.3 Å². The number of aromatic nitrogens is 3. The highest BCUT2D eigenvalue weighted by molar-refractivity contribution is 9.10. The first-order valence-corrected chi connectivity index (χ1v) is 9.38. The second kappa shape index (κ2) is 8.69. The number of unbranched alkanes of at least 4 members (excludes halogenated alkanes) is 1. The summed E-state index contributed by atoms with van der Waals surface area (Å²) >= 11 is 3.38. The minimum Gasteiger partial charge on any atom is -0.493 e. The third kappa shape index (κ3) is 4.47. The van der Waals surface area contributed by atoms with Crippen LogP contribution in [0.2, 0.25) is 0 Å². The molecule has 0 saturated heterocycles. The molecule has 0 aliphatic rings. The number of hydrogen-bond donors (Lipinski definition) is 1. The van der Waals surface area contributed by atoms with E-state index in [4.69, 9.17) is 9.47 Å². The van der Waals surface area contributed by atoms with Crippen LogP contribution in [-0.4, -0.2) is 28.7 Å². The van der Waals surface area contributed by atoms with E-state index in [1.807, 2.05) is 24.3 Å². The van der Waals surface area contributed by atoms with Crippen LogP contribution in [-0.2, 0) is 0 Å². The van der Waals surface area contributed by atoms with Gasteiger partial charge in [-0.2, -0.15) is 5.26 Å². The van der Waals surface area contributed by atoms with E-state index >= 15 is 0 Å². The molecule has 1 N–H and O–H groups in total. The topological polar surface area (TPSA) is 83.8 Å². The van der Waals surface area contributed by atoms with Crippen molar-refractivity contribution in [2.24, 2.45) is 0 Å². The fraction of sp³-hybridized carbons (Fsp3) is 0.250. The first-order valence-electron chi connectivity index (χ1n) is 8.59. The third-order valence-electron chi connectivity index (χ3n) is 3.93. The van der Waals surface area contributed by atoms with Crippen LogP contribution >= 0.6 is 15.9 Å². The van der Waals surface area contributed by atoms with E-state index in [-0.39, 0.29) is 0 Å². The summed E-state index contributed by atoms with van der Waals surface area (Å²) in [6, 6.07) is 9.65. The Balaban J connectivity index is 1.91. The Labute approximate surface area is 166 Å².